The summed E-state index contributed by atoms with van der Waals surface area (Å²) in [6.45, 7) is 0.832. The van der Waals surface area contributed by atoms with E-state index in [0.29, 0.717) is 5.41 Å². The lowest BCUT2D eigenvalue weighted by molar-refractivity contribution is -0.120. The molecule has 4 heteroatoms. The van der Waals surface area contributed by atoms with Gasteiger partial charge in [-0.25, -0.2) is 0 Å². The molecular formula is C10H16N2OS. The van der Waals surface area contributed by atoms with Crippen LogP contribution < -0.4 is 11.1 Å². The molecule has 0 bridgehead atoms. The number of carbonyl (C=O) groups is 1. The van der Waals surface area contributed by atoms with Gasteiger partial charge in [-0.1, -0.05) is 12.2 Å². The Balaban J connectivity index is 1.71. The van der Waals surface area contributed by atoms with E-state index in [4.69, 9.17) is 5.73 Å². The van der Waals surface area contributed by atoms with Crippen molar-refractivity contribution in [1.29, 1.82) is 0 Å². The van der Waals surface area contributed by atoms with Crippen molar-refractivity contribution in [2.45, 2.75) is 32.1 Å². The first-order valence-electron chi connectivity index (χ1n) is 5.17. The smallest absolute Gasteiger partial charge is 0.226 e. The second kappa shape index (κ2) is 3.50. The highest BCUT2D eigenvalue weighted by molar-refractivity contribution is 7.80. The maximum atomic E-state index is 11.3. The van der Waals surface area contributed by atoms with Crippen molar-refractivity contribution in [2.75, 3.05) is 6.54 Å². The van der Waals surface area contributed by atoms with Gasteiger partial charge in [-0.3, -0.25) is 4.79 Å². The summed E-state index contributed by atoms with van der Waals surface area (Å²) in [5.74, 6) is 0.858. The summed E-state index contributed by atoms with van der Waals surface area (Å²) < 4.78 is 0. The average Bonchev–Trinajstić information content (AvgIpc) is 2.94. The van der Waals surface area contributed by atoms with Crippen molar-refractivity contribution < 1.29 is 4.79 Å². The van der Waals surface area contributed by atoms with Gasteiger partial charge in [0.25, 0.3) is 0 Å². The molecule has 0 aromatic rings. The molecule has 2 aliphatic rings. The highest BCUT2D eigenvalue weighted by Gasteiger charge is 2.53. The molecule has 0 aromatic carbocycles. The van der Waals surface area contributed by atoms with Crippen LogP contribution in [-0.2, 0) is 4.79 Å². The molecule has 0 atom stereocenters. The molecule has 0 saturated heterocycles. The van der Waals surface area contributed by atoms with Crippen molar-refractivity contribution in [3.05, 3.63) is 0 Å². The first-order valence-corrected chi connectivity index (χ1v) is 5.58. The van der Waals surface area contributed by atoms with Crippen LogP contribution in [0.1, 0.15) is 32.1 Å². The Morgan fingerprint density at radius 1 is 1.50 bits per heavy atom. The minimum atomic E-state index is -0.0237. The fourth-order valence-electron chi connectivity index (χ4n) is 2.08. The summed E-state index contributed by atoms with van der Waals surface area (Å²) >= 11 is 4.68. The standard InChI is InChI=1S/C10H16N2OS/c11-8(14)5-9(13)12-6-10(3-4-10)7-1-2-7/h7H,1-6H2,(H2,11,14)(H,12,13). The Bertz CT molecular complexity index is 269. The number of rotatable bonds is 5. The van der Waals surface area contributed by atoms with E-state index in [1.807, 2.05) is 0 Å². The summed E-state index contributed by atoms with van der Waals surface area (Å²) in [6.07, 6.45) is 5.46. The summed E-state index contributed by atoms with van der Waals surface area (Å²) in [4.78, 5) is 11.6. The molecule has 0 aromatic heterocycles. The van der Waals surface area contributed by atoms with E-state index in [0.717, 1.165) is 12.5 Å². The lowest BCUT2D eigenvalue weighted by atomic mass is 10.0. The van der Waals surface area contributed by atoms with Gasteiger partial charge in [0.05, 0.1) is 11.4 Å². The second-order valence-corrected chi connectivity index (χ2v) is 5.08. The van der Waals surface area contributed by atoms with Gasteiger partial charge in [0.2, 0.25) is 5.91 Å². The van der Waals surface area contributed by atoms with Gasteiger partial charge < -0.3 is 11.1 Å². The van der Waals surface area contributed by atoms with Crippen LogP contribution in [-0.4, -0.2) is 17.4 Å². The van der Waals surface area contributed by atoms with Crippen LogP contribution in [0.5, 0.6) is 0 Å². The molecule has 0 aliphatic heterocycles. The lowest BCUT2D eigenvalue weighted by Crippen LogP contribution is -2.33. The Labute approximate surface area is 89.4 Å². The van der Waals surface area contributed by atoms with Crippen molar-refractivity contribution in [1.82, 2.24) is 5.32 Å². The van der Waals surface area contributed by atoms with Crippen molar-refractivity contribution in [2.24, 2.45) is 17.1 Å². The van der Waals surface area contributed by atoms with Gasteiger partial charge in [0.1, 0.15) is 0 Å². The van der Waals surface area contributed by atoms with Crippen LogP contribution in [0.15, 0.2) is 0 Å². The summed E-state index contributed by atoms with van der Waals surface area (Å²) in [5.41, 5.74) is 5.76. The predicted octanol–water partition coefficient (Wildman–Crippen LogP) is 0.969. The Morgan fingerprint density at radius 3 is 2.57 bits per heavy atom. The number of nitrogens with one attached hydrogen (secondary N) is 1. The normalized spacial score (nSPS) is 22.9. The lowest BCUT2D eigenvalue weighted by Gasteiger charge is -2.14. The van der Waals surface area contributed by atoms with Gasteiger partial charge in [-0.15, -0.1) is 0 Å². The maximum absolute atomic E-state index is 11.3. The SMILES string of the molecule is NC(=S)CC(=O)NCC1(C2CC2)CC1. The summed E-state index contributed by atoms with van der Waals surface area (Å²) in [5, 5.41) is 2.93. The van der Waals surface area contributed by atoms with Crippen LogP contribution in [0, 0.1) is 11.3 Å². The minimum absolute atomic E-state index is 0.0237. The van der Waals surface area contributed by atoms with E-state index in [1.54, 1.807) is 0 Å². The fraction of sp³-hybridized carbons (Fsp3) is 0.800. The monoisotopic (exact) mass is 212 g/mol. The molecule has 2 aliphatic carbocycles. The third-order valence-electron chi connectivity index (χ3n) is 3.31. The molecule has 0 spiro atoms. The zero-order valence-corrected chi connectivity index (χ0v) is 9.03. The number of thiocarbonyl (C=S) groups is 1. The van der Waals surface area contributed by atoms with Crippen LogP contribution >= 0.6 is 12.2 Å². The fourth-order valence-corrected chi connectivity index (χ4v) is 2.21. The first-order chi connectivity index (χ1) is 6.62. The number of hydrogen-bond donors (Lipinski definition) is 2. The molecule has 0 radical (unpaired) electrons. The van der Waals surface area contributed by atoms with Crippen molar-refractivity contribution in [3.63, 3.8) is 0 Å². The average molecular weight is 212 g/mol. The van der Waals surface area contributed by atoms with E-state index in [2.05, 4.69) is 17.5 Å². The molecular weight excluding hydrogens is 196 g/mol. The Morgan fingerprint density at radius 2 is 2.14 bits per heavy atom. The molecule has 2 fully saturated rings. The molecule has 2 saturated carbocycles. The van der Waals surface area contributed by atoms with Gasteiger partial charge >= 0.3 is 0 Å². The van der Waals surface area contributed by atoms with E-state index >= 15 is 0 Å². The van der Waals surface area contributed by atoms with Crippen molar-refractivity contribution >= 4 is 23.1 Å². The van der Waals surface area contributed by atoms with Gasteiger partial charge in [0, 0.05) is 6.54 Å². The molecule has 2 rings (SSSR count). The first kappa shape index (κ1) is 9.90. The molecule has 14 heavy (non-hydrogen) atoms. The highest BCUT2D eigenvalue weighted by Crippen LogP contribution is 2.60. The summed E-state index contributed by atoms with van der Waals surface area (Å²) in [7, 11) is 0. The van der Waals surface area contributed by atoms with Crippen LogP contribution in [0.2, 0.25) is 0 Å². The number of carbonyl (C=O) groups excluding carboxylic acids is 1. The maximum Gasteiger partial charge on any atom is 0.226 e. The third kappa shape index (κ3) is 2.23. The Hall–Kier alpha value is -0.640. The number of amides is 1. The topological polar surface area (TPSA) is 55.1 Å². The van der Waals surface area contributed by atoms with Gasteiger partial charge in [-0.2, -0.15) is 0 Å². The second-order valence-electron chi connectivity index (χ2n) is 4.56. The molecule has 3 nitrogen and oxygen atoms in total. The zero-order valence-electron chi connectivity index (χ0n) is 8.21. The number of hydrogen-bond acceptors (Lipinski definition) is 2. The van der Waals surface area contributed by atoms with Crippen molar-refractivity contribution in [3.8, 4) is 0 Å². The highest BCUT2D eigenvalue weighted by atomic mass is 32.1. The van der Waals surface area contributed by atoms with E-state index in [1.165, 1.54) is 25.7 Å². The van der Waals surface area contributed by atoms with E-state index < -0.39 is 0 Å². The Kier molecular flexibility index (Phi) is 2.47. The quantitative estimate of drug-likeness (QED) is 0.668. The van der Waals surface area contributed by atoms with Crippen LogP contribution in [0.3, 0.4) is 0 Å². The molecule has 0 unspecified atom stereocenters. The molecule has 3 N–H and O–H groups in total. The van der Waals surface area contributed by atoms with E-state index in [-0.39, 0.29) is 17.3 Å². The predicted molar refractivity (Wildman–Crippen MR) is 58.8 cm³/mol. The minimum Gasteiger partial charge on any atom is -0.393 e. The summed E-state index contributed by atoms with van der Waals surface area (Å²) in [6, 6.07) is 0. The molecule has 1 amide bonds. The molecule has 0 heterocycles. The number of nitrogens with two attached hydrogens (primary N) is 1. The largest absolute Gasteiger partial charge is 0.393 e. The van der Waals surface area contributed by atoms with Crippen LogP contribution in [0.4, 0.5) is 0 Å². The van der Waals surface area contributed by atoms with Gasteiger partial charge in [0.15, 0.2) is 0 Å². The third-order valence-corrected chi connectivity index (χ3v) is 3.45. The zero-order chi connectivity index (χ0) is 10.2. The van der Waals surface area contributed by atoms with Crippen LogP contribution in [0.25, 0.3) is 0 Å². The van der Waals surface area contributed by atoms with E-state index in [9.17, 15) is 4.79 Å². The van der Waals surface area contributed by atoms with Gasteiger partial charge in [-0.05, 0) is 37.0 Å². The molecule has 78 valence electrons.